The summed E-state index contributed by atoms with van der Waals surface area (Å²) in [5, 5.41) is 3.45. The summed E-state index contributed by atoms with van der Waals surface area (Å²) in [7, 11) is 0. The minimum absolute atomic E-state index is 0.830. The minimum Gasteiger partial charge on any atom is -0.465 e. The van der Waals surface area contributed by atoms with Crippen LogP contribution in [0, 0.1) is 6.92 Å². The van der Waals surface area contributed by atoms with Crippen molar-refractivity contribution in [3.05, 3.63) is 59.0 Å². The zero-order valence-corrected chi connectivity index (χ0v) is 12.8. The van der Waals surface area contributed by atoms with Crippen molar-refractivity contribution in [2.75, 3.05) is 19.6 Å². The lowest BCUT2D eigenvalue weighted by molar-refractivity contribution is 0.249. The zero-order valence-electron chi connectivity index (χ0n) is 12.8. The molecule has 1 aliphatic heterocycles. The maximum Gasteiger partial charge on any atom is 0.117 e. The van der Waals surface area contributed by atoms with Crippen molar-refractivity contribution in [1.82, 2.24) is 10.2 Å². The molecule has 21 heavy (non-hydrogen) atoms. The fraction of sp³-hybridized carbons (Fsp3) is 0.444. The third-order valence-electron chi connectivity index (χ3n) is 4.13. The first-order chi connectivity index (χ1) is 10.3. The molecule has 3 heteroatoms. The molecule has 3 nitrogen and oxygen atoms in total. The standard InChI is InChI=1S/C18H24N2O/c1-15-7-8-18(21-15)13-19-10-4-11-20-12-9-16-5-2-3-6-17(16)14-20/h2-3,5-8,19H,4,9-14H2,1H3. The Morgan fingerprint density at radius 1 is 1.14 bits per heavy atom. The zero-order chi connectivity index (χ0) is 14.5. The van der Waals surface area contributed by atoms with Crippen molar-refractivity contribution in [2.24, 2.45) is 0 Å². The molecule has 0 fully saturated rings. The Morgan fingerprint density at radius 3 is 2.81 bits per heavy atom. The van der Waals surface area contributed by atoms with E-state index in [-0.39, 0.29) is 0 Å². The highest BCUT2D eigenvalue weighted by Gasteiger charge is 2.14. The van der Waals surface area contributed by atoms with Gasteiger partial charge < -0.3 is 9.73 Å². The number of nitrogens with zero attached hydrogens (tertiary/aromatic N) is 1. The van der Waals surface area contributed by atoms with Gasteiger partial charge in [-0.2, -0.15) is 0 Å². The normalized spacial score (nSPS) is 15.1. The van der Waals surface area contributed by atoms with Gasteiger partial charge in [0.2, 0.25) is 0 Å². The van der Waals surface area contributed by atoms with Gasteiger partial charge in [-0.25, -0.2) is 0 Å². The van der Waals surface area contributed by atoms with E-state index in [0.29, 0.717) is 0 Å². The summed E-state index contributed by atoms with van der Waals surface area (Å²) in [6.45, 7) is 7.31. The third kappa shape index (κ3) is 3.96. The lowest BCUT2D eigenvalue weighted by atomic mass is 10.00. The molecule has 1 N–H and O–H groups in total. The largest absolute Gasteiger partial charge is 0.465 e. The maximum absolute atomic E-state index is 5.55. The summed E-state index contributed by atoms with van der Waals surface area (Å²) in [5.41, 5.74) is 3.03. The minimum atomic E-state index is 0.830. The summed E-state index contributed by atoms with van der Waals surface area (Å²) < 4.78 is 5.55. The highest BCUT2D eigenvalue weighted by molar-refractivity contribution is 5.28. The molecule has 2 heterocycles. The third-order valence-corrected chi connectivity index (χ3v) is 4.13. The van der Waals surface area contributed by atoms with Crippen LogP contribution < -0.4 is 5.32 Å². The quantitative estimate of drug-likeness (QED) is 0.826. The molecule has 0 aliphatic carbocycles. The van der Waals surface area contributed by atoms with Gasteiger partial charge >= 0.3 is 0 Å². The second-order valence-electron chi connectivity index (χ2n) is 5.84. The Labute approximate surface area is 127 Å². The van der Waals surface area contributed by atoms with Crippen molar-refractivity contribution >= 4 is 0 Å². The Kier molecular flexibility index (Phi) is 4.73. The molecular formula is C18H24N2O. The van der Waals surface area contributed by atoms with Gasteiger partial charge in [-0.05, 0) is 56.1 Å². The van der Waals surface area contributed by atoms with Crippen molar-refractivity contribution in [3.8, 4) is 0 Å². The number of nitrogens with one attached hydrogen (secondary N) is 1. The molecule has 0 bridgehead atoms. The molecule has 2 aromatic rings. The molecule has 1 aromatic heterocycles. The summed E-state index contributed by atoms with van der Waals surface area (Å²) in [4.78, 5) is 2.56. The second kappa shape index (κ2) is 6.92. The first kappa shape index (κ1) is 14.4. The van der Waals surface area contributed by atoms with Crippen LogP contribution in [0.4, 0.5) is 0 Å². The Bertz CT molecular complexity index is 576. The maximum atomic E-state index is 5.55. The number of furan rings is 1. The van der Waals surface area contributed by atoms with E-state index in [2.05, 4.69) is 34.5 Å². The fourth-order valence-corrected chi connectivity index (χ4v) is 2.96. The summed E-state index contributed by atoms with van der Waals surface area (Å²) in [6, 6.07) is 12.9. The van der Waals surface area contributed by atoms with Crippen molar-refractivity contribution in [1.29, 1.82) is 0 Å². The number of hydrogen-bond acceptors (Lipinski definition) is 3. The predicted molar refractivity (Wildman–Crippen MR) is 85.2 cm³/mol. The van der Waals surface area contributed by atoms with E-state index in [1.165, 1.54) is 37.1 Å². The van der Waals surface area contributed by atoms with E-state index in [1.54, 1.807) is 0 Å². The highest BCUT2D eigenvalue weighted by atomic mass is 16.3. The van der Waals surface area contributed by atoms with Gasteiger partial charge in [0, 0.05) is 13.1 Å². The lowest BCUT2D eigenvalue weighted by Crippen LogP contribution is -2.32. The second-order valence-corrected chi connectivity index (χ2v) is 5.84. The highest BCUT2D eigenvalue weighted by Crippen LogP contribution is 2.18. The average molecular weight is 284 g/mol. The summed E-state index contributed by atoms with van der Waals surface area (Å²) >= 11 is 0. The molecule has 0 saturated carbocycles. The van der Waals surface area contributed by atoms with Gasteiger partial charge in [-0.15, -0.1) is 0 Å². The molecule has 1 aromatic carbocycles. The molecule has 112 valence electrons. The number of rotatable bonds is 6. The van der Waals surface area contributed by atoms with E-state index >= 15 is 0 Å². The Morgan fingerprint density at radius 2 is 2.00 bits per heavy atom. The molecule has 0 saturated heterocycles. The smallest absolute Gasteiger partial charge is 0.117 e. The molecule has 0 unspecified atom stereocenters. The van der Waals surface area contributed by atoms with E-state index in [4.69, 9.17) is 4.42 Å². The average Bonchev–Trinajstić information content (AvgIpc) is 2.92. The molecule has 0 radical (unpaired) electrons. The lowest BCUT2D eigenvalue weighted by Gasteiger charge is -2.28. The van der Waals surface area contributed by atoms with Crippen molar-refractivity contribution in [3.63, 3.8) is 0 Å². The van der Waals surface area contributed by atoms with Gasteiger partial charge in [-0.1, -0.05) is 24.3 Å². The predicted octanol–water partition coefficient (Wildman–Crippen LogP) is 3.13. The van der Waals surface area contributed by atoms with Gasteiger partial charge in [-0.3, -0.25) is 4.90 Å². The van der Waals surface area contributed by atoms with Crippen molar-refractivity contribution in [2.45, 2.75) is 32.9 Å². The Balaban J connectivity index is 1.35. The van der Waals surface area contributed by atoms with Crippen LogP contribution in [0.3, 0.4) is 0 Å². The van der Waals surface area contributed by atoms with Gasteiger partial charge in [0.15, 0.2) is 0 Å². The molecule has 0 amide bonds. The summed E-state index contributed by atoms with van der Waals surface area (Å²) in [5.74, 6) is 2.01. The van der Waals surface area contributed by atoms with Gasteiger partial charge in [0.1, 0.15) is 11.5 Å². The number of benzene rings is 1. The monoisotopic (exact) mass is 284 g/mol. The first-order valence-corrected chi connectivity index (χ1v) is 7.86. The van der Waals surface area contributed by atoms with Crippen LogP contribution in [0.15, 0.2) is 40.8 Å². The van der Waals surface area contributed by atoms with E-state index in [9.17, 15) is 0 Å². The van der Waals surface area contributed by atoms with Crippen molar-refractivity contribution < 1.29 is 4.42 Å². The van der Waals surface area contributed by atoms with Crippen LogP contribution in [0.2, 0.25) is 0 Å². The van der Waals surface area contributed by atoms with Gasteiger partial charge in [0.25, 0.3) is 0 Å². The van der Waals surface area contributed by atoms with Crippen LogP contribution in [0.1, 0.15) is 29.1 Å². The first-order valence-electron chi connectivity index (χ1n) is 7.86. The number of fused-ring (bicyclic) bond motifs is 1. The van der Waals surface area contributed by atoms with Gasteiger partial charge in [0.05, 0.1) is 6.54 Å². The van der Waals surface area contributed by atoms with Crippen LogP contribution >= 0.6 is 0 Å². The summed E-state index contributed by atoms with van der Waals surface area (Å²) in [6.07, 6.45) is 2.37. The molecule has 3 rings (SSSR count). The topological polar surface area (TPSA) is 28.4 Å². The van der Waals surface area contributed by atoms with Crippen LogP contribution in [-0.4, -0.2) is 24.5 Å². The van der Waals surface area contributed by atoms with E-state index in [0.717, 1.165) is 31.2 Å². The molecule has 0 atom stereocenters. The van der Waals surface area contributed by atoms with E-state index in [1.807, 2.05) is 19.1 Å². The SMILES string of the molecule is Cc1ccc(CNCCCN2CCc3ccccc3C2)o1. The fourth-order valence-electron chi connectivity index (χ4n) is 2.96. The molecular weight excluding hydrogens is 260 g/mol. The van der Waals surface area contributed by atoms with Crippen LogP contribution in [0.5, 0.6) is 0 Å². The van der Waals surface area contributed by atoms with E-state index < -0.39 is 0 Å². The van der Waals surface area contributed by atoms with Crippen LogP contribution in [0.25, 0.3) is 0 Å². The number of hydrogen-bond donors (Lipinski definition) is 1. The number of aryl methyl sites for hydroxylation is 1. The molecule has 1 aliphatic rings. The Hall–Kier alpha value is -1.58. The van der Waals surface area contributed by atoms with Crippen LogP contribution in [-0.2, 0) is 19.5 Å². The molecule has 0 spiro atoms.